The molecule has 11 heteroatoms. The number of pyridine rings is 1. The van der Waals surface area contributed by atoms with Crippen LogP contribution in [0.15, 0.2) is 52.5 Å². The molecule has 1 aromatic carbocycles. The summed E-state index contributed by atoms with van der Waals surface area (Å²) in [4.78, 5) is 29.0. The van der Waals surface area contributed by atoms with Crippen molar-refractivity contribution in [1.29, 1.82) is 0 Å². The number of thioether (sulfide) groups is 1. The fourth-order valence-corrected chi connectivity index (χ4v) is 3.80. The van der Waals surface area contributed by atoms with E-state index in [1.54, 1.807) is 36.3 Å². The summed E-state index contributed by atoms with van der Waals surface area (Å²) >= 11 is 1.55. The summed E-state index contributed by atoms with van der Waals surface area (Å²) in [5.74, 6) is -0.0899. The predicted octanol–water partition coefficient (Wildman–Crippen LogP) is 2.84. The summed E-state index contributed by atoms with van der Waals surface area (Å²) in [6, 6.07) is 8.77. The molecular weight excluding hydrogens is 430 g/mol. The van der Waals surface area contributed by atoms with E-state index in [4.69, 9.17) is 4.52 Å². The molecule has 0 aliphatic heterocycles. The average Bonchev–Trinajstić information content (AvgIpc) is 3.41. The number of hydrogen-bond acceptors (Lipinski definition) is 8. The SMILES string of the molecule is CC(C)c1noc2ncc(C(=O)NNC(=O)c3ccc(CSc4nncn4C)cc3)cc12. The Morgan fingerprint density at radius 2 is 1.84 bits per heavy atom. The average molecular weight is 452 g/mol. The highest BCUT2D eigenvalue weighted by molar-refractivity contribution is 7.98. The van der Waals surface area contributed by atoms with Crippen molar-refractivity contribution in [3.05, 3.63) is 65.2 Å². The van der Waals surface area contributed by atoms with Crippen LogP contribution in [0, 0.1) is 0 Å². The van der Waals surface area contributed by atoms with Gasteiger partial charge in [-0.25, -0.2) is 4.98 Å². The van der Waals surface area contributed by atoms with Crippen molar-refractivity contribution in [3.8, 4) is 0 Å². The van der Waals surface area contributed by atoms with Crippen LogP contribution in [0.2, 0.25) is 0 Å². The first kappa shape index (κ1) is 21.5. The van der Waals surface area contributed by atoms with E-state index in [0.717, 1.165) is 16.4 Å². The van der Waals surface area contributed by atoms with Crippen molar-refractivity contribution < 1.29 is 14.1 Å². The van der Waals surface area contributed by atoms with E-state index in [9.17, 15) is 9.59 Å². The monoisotopic (exact) mass is 451 g/mol. The molecule has 0 atom stereocenters. The number of carbonyl (C=O) groups excluding carboxylic acids is 2. The van der Waals surface area contributed by atoms with Gasteiger partial charge in [0.05, 0.1) is 16.6 Å². The smallest absolute Gasteiger partial charge is 0.271 e. The Bertz CT molecular complexity index is 1260. The van der Waals surface area contributed by atoms with E-state index in [0.29, 0.717) is 28.0 Å². The number of aromatic nitrogens is 5. The molecule has 0 spiro atoms. The summed E-state index contributed by atoms with van der Waals surface area (Å²) in [5, 5.41) is 13.4. The molecule has 0 aliphatic carbocycles. The fraction of sp³-hybridized carbons (Fsp3) is 0.238. The van der Waals surface area contributed by atoms with Gasteiger partial charge in [0, 0.05) is 24.6 Å². The van der Waals surface area contributed by atoms with E-state index in [2.05, 4.69) is 31.2 Å². The standard InChI is InChI=1S/C21H21N7O3S/c1-12(2)17-16-8-15(9-22-20(16)31-27-17)19(30)25-24-18(29)14-6-4-13(5-7-14)10-32-21-26-23-11-28(21)3/h4-9,11-12H,10H2,1-3H3,(H,24,29)(H,25,30). The first-order valence-corrected chi connectivity index (χ1v) is 10.8. The molecule has 10 nitrogen and oxygen atoms in total. The van der Waals surface area contributed by atoms with Gasteiger partial charge in [-0.2, -0.15) is 0 Å². The molecule has 3 aromatic heterocycles. The minimum Gasteiger partial charge on any atom is -0.336 e. The van der Waals surface area contributed by atoms with E-state index < -0.39 is 11.8 Å². The minimum absolute atomic E-state index is 0.123. The van der Waals surface area contributed by atoms with Crippen molar-refractivity contribution in [1.82, 2.24) is 35.8 Å². The van der Waals surface area contributed by atoms with Gasteiger partial charge in [0.2, 0.25) is 0 Å². The van der Waals surface area contributed by atoms with Crippen molar-refractivity contribution >= 4 is 34.7 Å². The number of carbonyl (C=O) groups is 2. The van der Waals surface area contributed by atoms with E-state index >= 15 is 0 Å². The Hall–Kier alpha value is -3.73. The van der Waals surface area contributed by atoms with Gasteiger partial charge in [-0.1, -0.05) is 42.9 Å². The van der Waals surface area contributed by atoms with E-state index in [1.807, 2.05) is 37.6 Å². The molecule has 2 amide bonds. The maximum Gasteiger partial charge on any atom is 0.271 e. The molecule has 0 saturated heterocycles. The lowest BCUT2D eigenvalue weighted by Gasteiger charge is -2.08. The van der Waals surface area contributed by atoms with Crippen molar-refractivity contribution in [2.75, 3.05) is 0 Å². The zero-order valence-electron chi connectivity index (χ0n) is 17.7. The van der Waals surface area contributed by atoms with Crippen LogP contribution in [-0.2, 0) is 12.8 Å². The van der Waals surface area contributed by atoms with Crippen molar-refractivity contribution in [3.63, 3.8) is 0 Å². The quantitative estimate of drug-likeness (QED) is 0.338. The van der Waals surface area contributed by atoms with Gasteiger partial charge in [-0.3, -0.25) is 20.4 Å². The van der Waals surface area contributed by atoms with Gasteiger partial charge < -0.3 is 9.09 Å². The third-order valence-electron chi connectivity index (χ3n) is 4.71. The Labute approximate surface area is 187 Å². The Balaban J connectivity index is 1.35. The van der Waals surface area contributed by atoms with Gasteiger partial charge in [0.1, 0.15) is 6.33 Å². The number of amides is 2. The topological polar surface area (TPSA) is 128 Å². The number of hydrazine groups is 1. The number of rotatable bonds is 6. The first-order chi connectivity index (χ1) is 15.4. The zero-order chi connectivity index (χ0) is 22.7. The summed E-state index contributed by atoms with van der Waals surface area (Å²) in [6.45, 7) is 3.95. The highest BCUT2D eigenvalue weighted by Crippen LogP contribution is 2.24. The second-order valence-corrected chi connectivity index (χ2v) is 8.36. The molecule has 2 N–H and O–H groups in total. The highest BCUT2D eigenvalue weighted by Gasteiger charge is 2.16. The predicted molar refractivity (Wildman–Crippen MR) is 118 cm³/mol. The van der Waals surface area contributed by atoms with Gasteiger partial charge in [0.15, 0.2) is 5.16 Å². The minimum atomic E-state index is -0.486. The number of benzene rings is 1. The summed E-state index contributed by atoms with van der Waals surface area (Å²) in [7, 11) is 1.88. The van der Waals surface area contributed by atoms with Crippen molar-refractivity contribution in [2.24, 2.45) is 7.05 Å². The number of nitrogens with one attached hydrogen (secondary N) is 2. The summed E-state index contributed by atoms with van der Waals surface area (Å²) in [6.07, 6.45) is 3.02. The van der Waals surface area contributed by atoms with Crippen LogP contribution < -0.4 is 10.9 Å². The molecule has 3 heterocycles. The Morgan fingerprint density at radius 3 is 2.50 bits per heavy atom. The Morgan fingerprint density at radius 1 is 1.12 bits per heavy atom. The first-order valence-electron chi connectivity index (χ1n) is 9.84. The summed E-state index contributed by atoms with van der Waals surface area (Å²) in [5.41, 5.74) is 7.68. The molecule has 0 unspecified atom stereocenters. The number of fused-ring (bicyclic) bond motifs is 1. The molecule has 0 bridgehead atoms. The molecule has 4 rings (SSSR count). The van der Waals surface area contributed by atoms with Gasteiger partial charge >= 0.3 is 0 Å². The van der Waals surface area contributed by atoms with E-state index in [1.165, 1.54) is 6.20 Å². The molecular formula is C21H21N7O3S. The maximum absolute atomic E-state index is 12.5. The number of aryl methyl sites for hydroxylation is 1. The van der Waals surface area contributed by atoms with Crippen LogP contribution in [0.25, 0.3) is 11.1 Å². The fourth-order valence-electron chi connectivity index (χ4n) is 2.95. The number of nitrogens with zero attached hydrogens (tertiary/aromatic N) is 5. The molecule has 164 valence electrons. The second-order valence-electron chi connectivity index (χ2n) is 7.42. The van der Waals surface area contributed by atoms with Crippen LogP contribution in [0.1, 0.15) is 51.7 Å². The molecule has 0 fully saturated rings. The zero-order valence-corrected chi connectivity index (χ0v) is 18.5. The van der Waals surface area contributed by atoms with Crippen LogP contribution >= 0.6 is 11.8 Å². The molecule has 0 saturated carbocycles. The van der Waals surface area contributed by atoms with Crippen LogP contribution in [-0.4, -0.2) is 36.7 Å². The van der Waals surface area contributed by atoms with Crippen molar-refractivity contribution in [2.45, 2.75) is 30.7 Å². The van der Waals surface area contributed by atoms with Gasteiger partial charge in [-0.05, 0) is 29.7 Å². The number of hydrogen-bond donors (Lipinski definition) is 2. The lowest BCUT2D eigenvalue weighted by molar-refractivity contribution is 0.0846. The van der Waals surface area contributed by atoms with Crippen LogP contribution in [0.5, 0.6) is 0 Å². The Kier molecular flexibility index (Phi) is 6.17. The summed E-state index contributed by atoms with van der Waals surface area (Å²) < 4.78 is 7.03. The van der Waals surface area contributed by atoms with Crippen LogP contribution in [0.4, 0.5) is 0 Å². The van der Waals surface area contributed by atoms with Gasteiger partial charge in [0.25, 0.3) is 17.5 Å². The molecule has 0 radical (unpaired) electrons. The van der Waals surface area contributed by atoms with Gasteiger partial charge in [-0.15, -0.1) is 10.2 Å². The molecule has 4 aromatic rings. The molecule has 0 aliphatic rings. The maximum atomic E-state index is 12.5. The van der Waals surface area contributed by atoms with E-state index in [-0.39, 0.29) is 5.92 Å². The highest BCUT2D eigenvalue weighted by atomic mass is 32.2. The van der Waals surface area contributed by atoms with Crippen LogP contribution in [0.3, 0.4) is 0 Å². The largest absolute Gasteiger partial charge is 0.336 e. The second kappa shape index (κ2) is 9.18. The lowest BCUT2D eigenvalue weighted by Crippen LogP contribution is -2.41. The molecule has 32 heavy (non-hydrogen) atoms. The lowest BCUT2D eigenvalue weighted by atomic mass is 10.1. The third kappa shape index (κ3) is 4.62. The third-order valence-corrected chi connectivity index (χ3v) is 5.82. The normalized spacial score (nSPS) is 11.1.